The van der Waals surface area contributed by atoms with Gasteiger partial charge in [0.25, 0.3) is 5.91 Å². The molecule has 1 N–H and O–H groups in total. The van der Waals surface area contributed by atoms with E-state index in [-0.39, 0.29) is 25.0 Å². The van der Waals surface area contributed by atoms with E-state index in [1.165, 1.54) is 0 Å². The SMILES string of the molecule is O=C(COC(=O)CCc1nc(C2CC2)no1)N[C@H]1CCOc2ccccc21. The highest BCUT2D eigenvalue weighted by Crippen LogP contribution is 2.38. The molecule has 1 aliphatic carbocycles. The summed E-state index contributed by atoms with van der Waals surface area (Å²) in [6.45, 7) is 0.226. The Morgan fingerprint density at radius 1 is 1.22 bits per heavy atom. The van der Waals surface area contributed by atoms with Gasteiger partial charge in [-0.05, 0) is 18.9 Å². The molecule has 1 saturated carbocycles. The van der Waals surface area contributed by atoms with Crippen LogP contribution in [-0.4, -0.2) is 35.2 Å². The molecule has 1 atom stereocenters. The summed E-state index contributed by atoms with van der Waals surface area (Å²) in [5.41, 5.74) is 0.936. The minimum atomic E-state index is -0.469. The van der Waals surface area contributed by atoms with Crippen LogP contribution in [0.25, 0.3) is 0 Å². The van der Waals surface area contributed by atoms with Crippen molar-refractivity contribution >= 4 is 11.9 Å². The Morgan fingerprint density at radius 3 is 2.93 bits per heavy atom. The van der Waals surface area contributed by atoms with Crippen LogP contribution >= 0.6 is 0 Å². The number of rotatable bonds is 7. The zero-order valence-electron chi connectivity index (χ0n) is 14.8. The summed E-state index contributed by atoms with van der Waals surface area (Å²) in [5, 5.41) is 6.79. The third-order valence-electron chi connectivity index (χ3n) is 4.63. The molecular formula is C19H21N3O5. The van der Waals surface area contributed by atoms with Crippen molar-refractivity contribution in [1.29, 1.82) is 0 Å². The zero-order chi connectivity index (χ0) is 18.6. The van der Waals surface area contributed by atoms with E-state index in [0.717, 1.165) is 30.0 Å². The second-order valence-corrected chi connectivity index (χ2v) is 6.78. The fraction of sp³-hybridized carbons (Fsp3) is 0.474. The van der Waals surface area contributed by atoms with Gasteiger partial charge in [-0.2, -0.15) is 4.98 Å². The zero-order valence-corrected chi connectivity index (χ0v) is 14.8. The Labute approximate surface area is 156 Å². The highest BCUT2D eigenvalue weighted by atomic mass is 16.5. The first-order valence-corrected chi connectivity index (χ1v) is 9.18. The Balaban J connectivity index is 1.20. The summed E-state index contributed by atoms with van der Waals surface area (Å²) >= 11 is 0. The summed E-state index contributed by atoms with van der Waals surface area (Å²) in [4.78, 5) is 28.2. The van der Waals surface area contributed by atoms with Crippen molar-refractivity contribution in [3.8, 4) is 5.75 Å². The van der Waals surface area contributed by atoms with E-state index in [4.69, 9.17) is 14.0 Å². The molecule has 0 saturated heterocycles. The number of nitrogens with zero attached hydrogens (tertiary/aromatic N) is 2. The van der Waals surface area contributed by atoms with Gasteiger partial charge >= 0.3 is 5.97 Å². The number of nitrogens with one attached hydrogen (secondary N) is 1. The maximum Gasteiger partial charge on any atom is 0.306 e. The molecule has 8 heteroatoms. The van der Waals surface area contributed by atoms with Gasteiger partial charge in [0.15, 0.2) is 12.4 Å². The predicted molar refractivity (Wildman–Crippen MR) is 93.0 cm³/mol. The number of fused-ring (bicyclic) bond motifs is 1. The number of esters is 1. The van der Waals surface area contributed by atoms with Crippen molar-refractivity contribution in [2.45, 2.75) is 44.1 Å². The van der Waals surface area contributed by atoms with Gasteiger partial charge in [0.1, 0.15) is 5.75 Å². The van der Waals surface area contributed by atoms with Crippen LogP contribution in [0.3, 0.4) is 0 Å². The lowest BCUT2D eigenvalue weighted by Gasteiger charge is -2.26. The maximum absolute atomic E-state index is 12.1. The molecule has 1 aromatic carbocycles. The number of benzene rings is 1. The summed E-state index contributed by atoms with van der Waals surface area (Å²) in [5.74, 6) is 1.53. The lowest BCUT2D eigenvalue weighted by atomic mass is 10.0. The van der Waals surface area contributed by atoms with Crippen molar-refractivity contribution in [2.75, 3.05) is 13.2 Å². The highest BCUT2D eigenvalue weighted by Gasteiger charge is 2.29. The fourth-order valence-corrected chi connectivity index (χ4v) is 3.03. The number of aromatic nitrogens is 2. The van der Waals surface area contributed by atoms with Gasteiger partial charge in [-0.25, -0.2) is 0 Å². The summed E-state index contributed by atoms with van der Waals surface area (Å²) in [6.07, 6.45) is 3.27. The first kappa shape index (κ1) is 17.5. The molecule has 142 valence electrons. The third-order valence-corrected chi connectivity index (χ3v) is 4.63. The van der Waals surface area contributed by atoms with Crippen LogP contribution in [0.1, 0.15) is 54.9 Å². The van der Waals surface area contributed by atoms with Gasteiger partial charge in [-0.15, -0.1) is 0 Å². The lowest BCUT2D eigenvalue weighted by Crippen LogP contribution is -2.35. The lowest BCUT2D eigenvalue weighted by molar-refractivity contribution is -0.148. The molecule has 0 spiro atoms. The van der Waals surface area contributed by atoms with Gasteiger partial charge in [0.05, 0.1) is 19.1 Å². The van der Waals surface area contributed by atoms with Crippen molar-refractivity contribution in [3.05, 3.63) is 41.5 Å². The van der Waals surface area contributed by atoms with Crippen LogP contribution in [0.5, 0.6) is 5.75 Å². The Hall–Kier alpha value is -2.90. The number of hydrogen-bond acceptors (Lipinski definition) is 7. The Bertz CT molecular complexity index is 830. The second kappa shape index (κ2) is 7.77. The molecule has 0 bridgehead atoms. The quantitative estimate of drug-likeness (QED) is 0.743. The Kier molecular flexibility index (Phi) is 5.04. The van der Waals surface area contributed by atoms with E-state index in [1.807, 2.05) is 24.3 Å². The first-order valence-electron chi connectivity index (χ1n) is 9.18. The van der Waals surface area contributed by atoms with Crippen molar-refractivity contribution in [2.24, 2.45) is 0 Å². The maximum atomic E-state index is 12.1. The molecule has 2 heterocycles. The first-order chi connectivity index (χ1) is 13.2. The minimum absolute atomic E-state index is 0.0969. The molecule has 2 aliphatic rings. The minimum Gasteiger partial charge on any atom is -0.493 e. The topological polar surface area (TPSA) is 104 Å². The van der Waals surface area contributed by atoms with E-state index in [9.17, 15) is 9.59 Å². The monoisotopic (exact) mass is 371 g/mol. The number of amides is 1. The normalized spacial score (nSPS) is 18.3. The molecule has 1 fully saturated rings. The largest absolute Gasteiger partial charge is 0.493 e. The number of hydrogen-bond donors (Lipinski definition) is 1. The number of ether oxygens (including phenoxy) is 2. The highest BCUT2D eigenvalue weighted by molar-refractivity contribution is 5.81. The molecule has 4 rings (SSSR count). The molecule has 8 nitrogen and oxygen atoms in total. The van der Waals surface area contributed by atoms with Crippen molar-refractivity contribution < 1.29 is 23.6 Å². The smallest absolute Gasteiger partial charge is 0.306 e. The van der Waals surface area contributed by atoms with E-state index >= 15 is 0 Å². The van der Waals surface area contributed by atoms with Crippen LogP contribution < -0.4 is 10.1 Å². The standard InChI is InChI=1S/C19H21N3O5/c23-16(20-14-9-10-25-15-4-2-1-3-13(14)15)11-26-18(24)8-7-17-21-19(22-27-17)12-5-6-12/h1-4,12,14H,5-11H2,(H,20,23)/t14-/m0/s1. The van der Waals surface area contributed by atoms with Gasteiger partial charge in [0.2, 0.25) is 5.89 Å². The van der Waals surface area contributed by atoms with Crippen LogP contribution in [0.15, 0.2) is 28.8 Å². The average Bonchev–Trinajstić information content (AvgIpc) is 3.43. The van der Waals surface area contributed by atoms with E-state index in [2.05, 4.69) is 15.5 Å². The average molecular weight is 371 g/mol. The van der Waals surface area contributed by atoms with E-state index < -0.39 is 5.97 Å². The molecular weight excluding hydrogens is 350 g/mol. The summed E-state index contributed by atoms with van der Waals surface area (Å²) < 4.78 is 15.7. The van der Waals surface area contributed by atoms with Gasteiger partial charge in [0, 0.05) is 24.3 Å². The number of aryl methyl sites for hydroxylation is 1. The molecule has 1 aromatic heterocycles. The predicted octanol–water partition coefficient (Wildman–Crippen LogP) is 2.06. The molecule has 1 amide bonds. The van der Waals surface area contributed by atoms with Crippen LogP contribution in [0.4, 0.5) is 0 Å². The third kappa shape index (κ3) is 4.45. The molecule has 0 unspecified atom stereocenters. The van der Waals surface area contributed by atoms with E-state index in [1.54, 1.807) is 0 Å². The van der Waals surface area contributed by atoms with Gasteiger partial charge in [-0.1, -0.05) is 23.4 Å². The summed E-state index contributed by atoms with van der Waals surface area (Å²) in [6, 6.07) is 7.45. The van der Waals surface area contributed by atoms with Crippen molar-refractivity contribution in [3.63, 3.8) is 0 Å². The van der Waals surface area contributed by atoms with Crippen molar-refractivity contribution in [1.82, 2.24) is 15.5 Å². The number of para-hydroxylation sites is 1. The van der Waals surface area contributed by atoms with Crippen LogP contribution in [-0.2, 0) is 20.7 Å². The fourth-order valence-electron chi connectivity index (χ4n) is 3.03. The molecule has 27 heavy (non-hydrogen) atoms. The van der Waals surface area contributed by atoms with Gasteiger partial charge in [-0.3, -0.25) is 9.59 Å². The Morgan fingerprint density at radius 2 is 2.07 bits per heavy atom. The number of carbonyl (C=O) groups excluding carboxylic acids is 2. The van der Waals surface area contributed by atoms with Gasteiger partial charge < -0.3 is 19.3 Å². The number of carbonyl (C=O) groups is 2. The second-order valence-electron chi connectivity index (χ2n) is 6.78. The molecule has 0 radical (unpaired) electrons. The van der Waals surface area contributed by atoms with Crippen LogP contribution in [0.2, 0.25) is 0 Å². The molecule has 1 aliphatic heterocycles. The van der Waals surface area contributed by atoms with Crippen LogP contribution in [0, 0.1) is 0 Å². The summed E-state index contributed by atoms with van der Waals surface area (Å²) in [7, 11) is 0. The van der Waals surface area contributed by atoms with E-state index in [0.29, 0.717) is 31.3 Å². The molecule has 2 aromatic rings.